The van der Waals surface area contributed by atoms with E-state index in [9.17, 15) is 14.4 Å². The van der Waals surface area contributed by atoms with Gasteiger partial charge in [0.1, 0.15) is 11.7 Å². The van der Waals surface area contributed by atoms with Crippen molar-refractivity contribution in [2.75, 3.05) is 7.05 Å². The lowest BCUT2D eigenvalue weighted by Crippen LogP contribution is -2.44. The van der Waals surface area contributed by atoms with Gasteiger partial charge in [0.05, 0.1) is 0 Å². The van der Waals surface area contributed by atoms with E-state index in [0.717, 1.165) is 4.90 Å². The summed E-state index contributed by atoms with van der Waals surface area (Å²) in [4.78, 5) is 36.1. The summed E-state index contributed by atoms with van der Waals surface area (Å²) in [5, 5.41) is 0. The van der Waals surface area contributed by atoms with Crippen molar-refractivity contribution in [1.29, 1.82) is 0 Å². The molecule has 16 heavy (non-hydrogen) atoms. The predicted octanol–water partition coefficient (Wildman–Crippen LogP) is 0.971. The van der Waals surface area contributed by atoms with Gasteiger partial charge in [-0.05, 0) is 18.6 Å². The molecule has 1 unspecified atom stereocenters. The average molecular weight is 217 g/mol. The second kappa shape index (κ2) is 3.56. The fourth-order valence-corrected chi connectivity index (χ4v) is 1.94. The SMILES string of the molecule is CC(=O)C1C(=O)N(C)C(=O)c2ccccc21. The summed E-state index contributed by atoms with van der Waals surface area (Å²) >= 11 is 0. The maximum Gasteiger partial charge on any atom is 0.260 e. The molecule has 4 heteroatoms. The third-order valence-corrected chi connectivity index (χ3v) is 2.79. The Morgan fingerprint density at radius 3 is 2.50 bits per heavy atom. The summed E-state index contributed by atoms with van der Waals surface area (Å²) in [5.41, 5.74) is 0.952. The van der Waals surface area contributed by atoms with E-state index in [4.69, 9.17) is 0 Å². The summed E-state index contributed by atoms with van der Waals surface area (Å²) in [6, 6.07) is 6.74. The summed E-state index contributed by atoms with van der Waals surface area (Å²) < 4.78 is 0. The number of likely N-dealkylation sites (N-methyl/N-ethyl adjacent to an activating group) is 1. The maximum atomic E-state index is 11.8. The van der Waals surface area contributed by atoms with E-state index >= 15 is 0 Å². The standard InChI is InChI=1S/C12H11NO3/c1-7(14)10-8-5-3-4-6-9(8)11(15)13(2)12(10)16/h3-6,10H,1-2H3. The lowest BCUT2D eigenvalue weighted by atomic mass is 9.86. The third kappa shape index (κ3) is 1.34. The van der Waals surface area contributed by atoms with Crippen molar-refractivity contribution in [2.45, 2.75) is 12.8 Å². The molecule has 0 saturated heterocycles. The minimum Gasteiger partial charge on any atom is -0.299 e. The Morgan fingerprint density at radius 2 is 1.88 bits per heavy atom. The van der Waals surface area contributed by atoms with Crippen LogP contribution in [-0.2, 0) is 9.59 Å². The Morgan fingerprint density at radius 1 is 1.25 bits per heavy atom. The van der Waals surface area contributed by atoms with Gasteiger partial charge in [0.15, 0.2) is 0 Å². The van der Waals surface area contributed by atoms with Crippen molar-refractivity contribution in [3.63, 3.8) is 0 Å². The minimum absolute atomic E-state index is 0.239. The van der Waals surface area contributed by atoms with E-state index in [1.165, 1.54) is 14.0 Å². The first-order valence-electron chi connectivity index (χ1n) is 4.95. The van der Waals surface area contributed by atoms with E-state index in [1.54, 1.807) is 24.3 Å². The summed E-state index contributed by atoms with van der Waals surface area (Å²) in [6.07, 6.45) is 0. The van der Waals surface area contributed by atoms with Gasteiger partial charge in [0.2, 0.25) is 5.91 Å². The van der Waals surface area contributed by atoms with Crippen LogP contribution in [0.3, 0.4) is 0 Å². The highest BCUT2D eigenvalue weighted by atomic mass is 16.2. The van der Waals surface area contributed by atoms with Crippen molar-refractivity contribution < 1.29 is 14.4 Å². The Labute approximate surface area is 92.9 Å². The quantitative estimate of drug-likeness (QED) is 0.520. The highest BCUT2D eigenvalue weighted by molar-refractivity contribution is 6.18. The van der Waals surface area contributed by atoms with Gasteiger partial charge < -0.3 is 0 Å². The molecule has 1 aliphatic heterocycles. The number of carbonyl (C=O) groups is 3. The van der Waals surface area contributed by atoms with Crippen LogP contribution in [-0.4, -0.2) is 29.5 Å². The van der Waals surface area contributed by atoms with Crippen LogP contribution in [0.4, 0.5) is 0 Å². The number of amides is 2. The van der Waals surface area contributed by atoms with Crippen LogP contribution >= 0.6 is 0 Å². The van der Waals surface area contributed by atoms with Crippen molar-refractivity contribution in [2.24, 2.45) is 0 Å². The number of hydrogen-bond donors (Lipinski definition) is 0. The van der Waals surface area contributed by atoms with Crippen LogP contribution in [0.5, 0.6) is 0 Å². The van der Waals surface area contributed by atoms with Crippen LogP contribution in [0.15, 0.2) is 24.3 Å². The second-order valence-corrected chi connectivity index (χ2v) is 3.83. The zero-order chi connectivity index (χ0) is 11.9. The van der Waals surface area contributed by atoms with Crippen molar-refractivity contribution in [3.8, 4) is 0 Å². The molecule has 82 valence electrons. The van der Waals surface area contributed by atoms with Gasteiger partial charge in [0.25, 0.3) is 5.91 Å². The summed E-state index contributed by atoms with van der Waals surface area (Å²) in [7, 11) is 1.40. The molecule has 0 bridgehead atoms. The molecule has 0 radical (unpaired) electrons. The molecule has 1 aromatic rings. The fraction of sp³-hybridized carbons (Fsp3) is 0.250. The molecular weight excluding hydrogens is 206 g/mol. The van der Waals surface area contributed by atoms with Gasteiger partial charge in [-0.3, -0.25) is 19.3 Å². The molecule has 0 spiro atoms. The molecule has 0 fully saturated rings. The summed E-state index contributed by atoms with van der Waals surface area (Å²) in [5.74, 6) is -1.87. The second-order valence-electron chi connectivity index (χ2n) is 3.83. The van der Waals surface area contributed by atoms with Crippen molar-refractivity contribution in [1.82, 2.24) is 4.90 Å². The molecule has 2 rings (SSSR count). The van der Waals surface area contributed by atoms with E-state index in [-0.39, 0.29) is 11.7 Å². The Bertz CT molecular complexity index is 493. The highest BCUT2D eigenvalue weighted by Crippen LogP contribution is 2.28. The average Bonchev–Trinajstić information content (AvgIpc) is 2.26. The molecule has 0 saturated carbocycles. The van der Waals surface area contributed by atoms with Crippen LogP contribution < -0.4 is 0 Å². The predicted molar refractivity (Wildman–Crippen MR) is 57.0 cm³/mol. The highest BCUT2D eigenvalue weighted by Gasteiger charge is 2.38. The molecule has 1 heterocycles. The molecule has 0 aliphatic carbocycles. The molecule has 0 N–H and O–H groups in total. The number of rotatable bonds is 1. The van der Waals surface area contributed by atoms with E-state index < -0.39 is 11.8 Å². The van der Waals surface area contributed by atoms with Crippen LogP contribution in [0, 0.1) is 0 Å². The summed E-state index contributed by atoms with van der Waals surface area (Å²) in [6.45, 7) is 1.36. The normalized spacial score (nSPS) is 19.6. The van der Waals surface area contributed by atoms with Crippen LogP contribution in [0.25, 0.3) is 0 Å². The number of ketones is 1. The molecule has 1 aromatic carbocycles. The largest absolute Gasteiger partial charge is 0.299 e. The lowest BCUT2D eigenvalue weighted by molar-refractivity contribution is -0.134. The maximum absolute atomic E-state index is 11.8. The van der Waals surface area contributed by atoms with Gasteiger partial charge in [-0.1, -0.05) is 18.2 Å². The Kier molecular flexibility index (Phi) is 2.34. The number of benzene rings is 1. The van der Waals surface area contributed by atoms with Gasteiger partial charge in [-0.15, -0.1) is 0 Å². The zero-order valence-corrected chi connectivity index (χ0v) is 9.06. The van der Waals surface area contributed by atoms with Crippen molar-refractivity contribution >= 4 is 17.6 Å². The smallest absolute Gasteiger partial charge is 0.260 e. The third-order valence-electron chi connectivity index (χ3n) is 2.79. The molecule has 1 aliphatic rings. The van der Waals surface area contributed by atoms with E-state index in [1.807, 2.05) is 0 Å². The monoisotopic (exact) mass is 217 g/mol. The van der Waals surface area contributed by atoms with Gasteiger partial charge in [-0.2, -0.15) is 0 Å². The van der Waals surface area contributed by atoms with Crippen molar-refractivity contribution in [3.05, 3.63) is 35.4 Å². The van der Waals surface area contributed by atoms with E-state index in [0.29, 0.717) is 11.1 Å². The Balaban J connectivity index is 2.66. The molecular formula is C12H11NO3. The topological polar surface area (TPSA) is 54.5 Å². The lowest BCUT2D eigenvalue weighted by Gasteiger charge is -2.28. The minimum atomic E-state index is -0.834. The molecule has 4 nitrogen and oxygen atoms in total. The number of hydrogen-bond acceptors (Lipinski definition) is 3. The van der Waals surface area contributed by atoms with Gasteiger partial charge >= 0.3 is 0 Å². The van der Waals surface area contributed by atoms with Crippen LogP contribution in [0.1, 0.15) is 28.8 Å². The number of Topliss-reactive ketones (excluding diaryl/α,β-unsaturated/α-hetero) is 1. The van der Waals surface area contributed by atoms with Gasteiger partial charge in [0, 0.05) is 12.6 Å². The van der Waals surface area contributed by atoms with E-state index in [2.05, 4.69) is 0 Å². The number of nitrogens with zero attached hydrogens (tertiary/aromatic N) is 1. The molecule has 0 aromatic heterocycles. The van der Waals surface area contributed by atoms with Crippen LogP contribution in [0.2, 0.25) is 0 Å². The first-order chi connectivity index (χ1) is 7.54. The fourth-order valence-electron chi connectivity index (χ4n) is 1.94. The number of carbonyl (C=O) groups excluding carboxylic acids is 3. The number of fused-ring (bicyclic) bond motifs is 1. The zero-order valence-electron chi connectivity index (χ0n) is 9.06. The number of imide groups is 1. The molecule has 1 atom stereocenters. The Hall–Kier alpha value is -1.97. The first-order valence-corrected chi connectivity index (χ1v) is 4.95. The first kappa shape index (κ1) is 10.5. The molecule has 2 amide bonds. The van der Waals surface area contributed by atoms with Gasteiger partial charge in [-0.25, -0.2) is 0 Å².